The smallest absolute Gasteiger partial charge is 0.0461 e. The van der Waals surface area contributed by atoms with E-state index in [-0.39, 0.29) is 12.1 Å². The van der Waals surface area contributed by atoms with Crippen LogP contribution in [0.2, 0.25) is 10.0 Å². The lowest BCUT2D eigenvalue weighted by Gasteiger charge is -2.17. The summed E-state index contributed by atoms with van der Waals surface area (Å²) in [5.74, 6) is 0. The second kappa shape index (κ2) is 4.29. The molecule has 1 aromatic rings. The summed E-state index contributed by atoms with van der Waals surface area (Å²) < 4.78 is 0. The van der Waals surface area contributed by atoms with Crippen molar-refractivity contribution in [2.45, 2.75) is 19.0 Å². The number of benzene rings is 1. The number of rotatable bonds is 2. The molecule has 0 saturated heterocycles. The third-order valence-electron chi connectivity index (χ3n) is 1.88. The van der Waals surface area contributed by atoms with Gasteiger partial charge in [0, 0.05) is 22.1 Å². The Morgan fingerprint density at radius 2 is 1.85 bits per heavy atom. The van der Waals surface area contributed by atoms with E-state index in [2.05, 4.69) is 0 Å². The van der Waals surface area contributed by atoms with Gasteiger partial charge in [0.05, 0.1) is 0 Å². The molecule has 2 nitrogen and oxygen atoms in total. The van der Waals surface area contributed by atoms with Crippen LogP contribution < -0.4 is 11.5 Å². The molecule has 0 radical (unpaired) electrons. The predicted octanol–water partition coefficient (Wildman–Crippen LogP) is 2.34. The normalized spacial score (nSPS) is 15.5. The van der Waals surface area contributed by atoms with Crippen LogP contribution in [-0.4, -0.2) is 6.04 Å². The van der Waals surface area contributed by atoms with Crippen molar-refractivity contribution in [3.63, 3.8) is 0 Å². The van der Waals surface area contributed by atoms with Crippen LogP contribution in [0.25, 0.3) is 0 Å². The molecular weight excluding hydrogens is 207 g/mol. The first-order valence-electron chi connectivity index (χ1n) is 3.98. The van der Waals surface area contributed by atoms with Gasteiger partial charge >= 0.3 is 0 Å². The second-order valence-corrected chi connectivity index (χ2v) is 3.89. The maximum atomic E-state index is 5.94. The van der Waals surface area contributed by atoms with Crippen LogP contribution in [0.3, 0.4) is 0 Å². The van der Waals surface area contributed by atoms with Crippen molar-refractivity contribution in [3.05, 3.63) is 33.8 Å². The van der Waals surface area contributed by atoms with Crippen molar-refractivity contribution in [2.75, 3.05) is 0 Å². The van der Waals surface area contributed by atoms with Gasteiger partial charge in [0.1, 0.15) is 0 Å². The first kappa shape index (κ1) is 10.8. The fourth-order valence-electron chi connectivity index (χ4n) is 1.05. The molecule has 2 unspecified atom stereocenters. The van der Waals surface area contributed by atoms with E-state index >= 15 is 0 Å². The van der Waals surface area contributed by atoms with Gasteiger partial charge in [0.25, 0.3) is 0 Å². The number of nitrogens with two attached hydrogens (primary N) is 2. The molecule has 0 fully saturated rings. The third kappa shape index (κ3) is 2.58. The molecule has 72 valence electrons. The van der Waals surface area contributed by atoms with E-state index in [0.717, 1.165) is 5.56 Å². The minimum Gasteiger partial charge on any atom is -0.326 e. The monoisotopic (exact) mass is 218 g/mol. The fraction of sp³-hybridized carbons (Fsp3) is 0.333. The van der Waals surface area contributed by atoms with E-state index in [9.17, 15) is 0 Å². The molecule has 0 aliphatic rings. The molecule has 0 aliphatic carbocycles. The predicted molar refractivity (Wildman–Crippen MR) is 57.0 cm³/mol. The summed E-state index contributed by atoms with van der Waals surface area (Å²) in [4.78, 5) is 0. The SMILES string of the molecule is CC(N)C(N)c1cc(Cl)ccc1Cl. The molecule has 2 atom stereocenters. The van der Waals surface area contributed by atoms with E-state index in [1.54, 1.807) is 18.2 Å². The third-order valence-corrected chi connectivity index (χ3v) is 2.46. The molecule has 0 heterocycles. The Hall–Kier alpha value is -0.280. The zero-order valence-electron chi connectivity index (χ0n) is 7.30. The second-order valence-electron chi connectivity index (χ2n) is 3.05. The first-order chi connectivity index (χ1) is 6.02. The average molecular weight is 219 g/mol. The number of hydrogen-bond donors (Lipinski definition) is 2. The Morgan fingerprint density at radius 3 is 2.38 bits per heavy atom. The molecule has 4 heteroatoms. The van der Waals surface area contributed by atoms with E-state index in [4.69, 9.17) is 34.7 Å². The molecule has 1 rings (SSSR count). The maximum Gasteiger partial charge on any atom is 0.0461 e. The van der Waals surface area contributed by atoms with Gasteiger partial charge in [-0.05, 0) is 30.7 Å². The summed E-state index contributed by atoms with van der Waals surface area (Å²) in [6.45, 7) is 1.84. The molecule has 0 saturated carbocycles. The molecule has 0 spiro atoms. The van der Waals surface area contributed by atoms with Crippen LogP contribution in [0, 0.1) is 0 Å². The summed E-state index contributed by atoms with van der Waals surface area (Å²) in [7, 11) is 0. The lowest BCUT2D eigenvalue weighted by atomic mass is 10.0. The van der Waals surface area contributed by atoms with Crippen LogP contribution in [0.1, 0.15) is 18.5 Å². The van der Waals surface area contributed by atoms with Gasteiger partial charge in [-0.1, -0.05) is 23.2 Å². The molecule has 0 aliphatic heterocycles. The molecule has 4 N–H and O–H groups in total. The maximum absolute atomic E-state index is 5.94. The van der Waals surface area contributed by atoms with E-state index in [1.165, 1.54) is 0 Å². The molecule has 0 aromatic heterocycles. The Labute approximate surface area is 87.8 Å². The van der Waals surface area contributed by atoms with Crippen LogP contribution >= 0.6 is 23.2 Å². The standard InChI is InChI=1S/C9H12Cl2N2/c1-5(12)9(13)7-4-6(10)2-3-8(7)11/h2-5,9H,12-13H2,1H3. The van der Waals surface area contributed by atoms with E-state index < -0.39 is 0 Å². The van der Waals surface area contributed by atoms with Gasteiger partial charge in [-0.2, -0.15) is 0 Å². The van der Waals surface area contributed by atoms with Crippen molar-refractivity contribution < 1.29 is 0 Å². The Balaban J connectivity index is 3.05. The van der Waals surface area contributed by atoms with Gasteiger partial charge in [-0.25, -0.2) is 0 Å². The van der Waals surface area contributed by atoms with Crippen LogP contribution in [-0.2, 0) is 0 Å². The van der Waals surface area contributed by atoms with Crippen molar-refractivity contribution in [3.8, 4) is 0 Å². The molecule has 1 aromatic carbocycles. The molecule has 0 bridgehead atoms. The number of hydrogen-bond acceptors (Lipinski definition) is 2. The lowest BCUT2D eigenvalue weighted by molar-refractivity contribution is 0.589. The molecular formula is C9H12Cl2N2. The van der Waals surface area contributed by atoms with Crippen LogP contribution in [0.5, 0.6) is 0 Å². The summed E-state index contributed by atoms with van der Waals surface area (Å²) >= 11 is 11.8. The zero-order valence-corrected chi connectivity index (χ0v) is 8.81. The van der Waals surface area contributed by atoms with Crippen molar-refractivity contribution in [2.24, 2.45) is 11.5 Å². The highest BCUT2D eigenvalue weighted by Gasteiger charge is 2.14. The largest absolute Gasteiger partial charge is 0.326 e. The van der Waals surface area contributed by atoms with Gasteiger partial charge in [0.15, 0.2) is 0 Å². The highest BCUT2D eigenvalue weighted by Crippen LogP contribution is 2.26. The highest BCUT2D eigenvalue weighted by molar-refractivity contribution is 6.33. The minimum absolute atomic E-state index is 0.143. The summed E-state index contributed by atoms with van der Waals surface area (Å²) in [6.07, 6.45) is 0. The summed E-state index contributed by atoms with van der Waals surface area (Å²) in [6, 6.07) is 4.78. The quantitative estimate of drug-likeness (QED) is 0.801. The van der Waals surface area contributed by atoms with Crippen molar-refractivity contribution >= 4 is 23.2 Å². The lowest BCUT2D eigenvalue weighted by Crippen LogP contribution is -2.31. The first-order valence-corrected chi connectivity index (χ1v) is 4.74. The summed E-state index contributed by atoms with van der Waals surface area (Å²) in [5, 5.41) is 1.23. The van der Waals surface area contributed by atoms with E-state index in [0.29, 0.717) is 10.0 Å². The van der Waals surface area contributed by atoms with Gasteiger partial charge < -0.3 is 11.5 Å². The molecule has 13 heavy (non-hydrogen) atoms. The average Bonchev–Trinajstić information content (AvgIpc) is 2.08. The zero-order chi connectivity index (χ0) is 10.0. The van der Waals surface area contributed by atoms with Gasteiger partial charge in [-0.3, -0.25) is 0 Å². The summed E-state index contributed by atoms with van der Waals surface area (Å²) in [5.41, 5.74) is 12.3. The van der Waals surface area contributed by atoms with Gasteiger partial charge in [0.2, 0.25) is 0 Å². The molecule has 0 amide bonds. The van der Waals surface area contributed by atoms with E-state index in [1.807, 2.05) is 6.92 Å². The van der Waals surface area contributed by atoms with Crippen molar-refractivity contribution in [1.29, 1.82) is 0 Å². The van der Waals surface area contributed by atoms with Crippen molar-refractivity contribution in [1.82, 2.24) is 0 Å². The fourth-order valence-corrected chi connectivity index (χ4v) is 1.48. The highest BCUT2D eigenvalue weighted by atomic mass is 35.5. The Bertz CT molecular complexity index is 300. The van der Waals surface area contributed by atoms with Crippen LogP contribution in [0.4, 0.5) is 0 Å². The Morgan fingerprint density at radius 1 is 1.23 bits per heavy atom. The van der Waals surface area contributed by atoms with Crippen LogP contribution in [0.15, 0.2) is 18.2 Å². The minimum atomic E-state index is -0.272. The van der Waals surface area contributed by atoms with Gasteiger partial charge in [-0.15, -0.1) is 0 Å². The number of halogens is 2. The Kier molecular flexibility index (Phi) is 3.56. The topological polar surface area (TPSA) is 52.0 Å².